The number of benzene rings is 2. The molecule has 1 aliphatic heterocycles. The van der Waals surface area contributed by atoms with Gasteiger partial charge in [0, 0.05) is 18.5 Å². The van der Waals surface area contributed by atoms with Crippen LogP contribution in [0.1, 0.15) is 48.1 Å². The van der Waals surface area contributed by atoms with Gasteiger partial charge in [-0.2, -0.15) is 0 Å². The molecule has 6 heteroatoms. The van der Waals surface area contributed by atoms with Crippen LogP contribution in [0.5, 0.6) is 5.75 Å². The van der Waals surface area contributed by atoms with E-state index in [2.05, 4.69) is 5.32 Å². The molecule has 1 atom stereocenters. The molecule has 0 saturated carbocycles. The van der Waals surface area contributed by atoms with E-state index < -0.39 is 0 Å². The molecule has 2 aromatic rings. The second-order valence-corrected chi connectivity index (χ2v) is 6.93. The molecule has 1 heterocycles. The van der Waals surface area contributed by atoms with E-state index in [-0.39, 0.29) is 17.9 Å². The number of rotatable bonds is 6. The van der Waals surface area contributed by atoms with Crippen LogP contribution in [0.25, 0.3) is 0 Å². The molecule has 2 aromatic carbocycles. The first-order valence-electron chi connectivity index (χ1n) is 9.08. The van der Waals surface area contributed by atoms with Crippen LogP contribution < -0.4 is 15.0 Å². The number of amides is 2. The Morgan fingerprint density at radius 2 is 2.00 bits per heavy atom. The Hall–Kier alpha value is -2.53. The van der Waals surface area contributed by atoms with Crippen LogP contribution in [0, 0.1) is 0 Å². The van der Waals surface area contributed by atoms with E-state index in [4.69, 9.17) is 16.3 Å². The first-order chi connectivity index (χ1) is 13.0. The fourth-order valence-electron chi connectivity index (χ4n) is 3.26. The molecule has 5 nitrogen and oxygen atoms in total. The number of carbonyl (C=O) groups is 2. The van der Waals surface area contributed by atoms with E-state index in [1.54, 1.807) is 30.2 Å². The molecule has 0 spiro atoms. The third kappa shape index (κ3) is 4.25. The van der Waals surface area contributed by atoms with E-state index in [1.165, 1.54) is 0 Å². The van der Waals surface area contributed by atoms with Crippen LogP contribution >= 0.6 is 11.6 Å². The monoisotopic (exact) mass is 386 g/mol. The van der Waals surface area contributed by atoms with Gasteiger partial charge in [0.2, 0.25) is 5.91 Å². The highest BCUT2D eigenvalue weighted by molar-refractivity contribution is 6.34. The van der Waals surface area contributed by atoms with Crippen molar-refractivity contribution < 1.29 is 14.3 Å². The van der Waals surface area contributed by atoms with Crippen LogP contribution in [0.4, 0.5) is 5.69 Å². The summed E-state index contributed by atoms with van der Waals surface area (Å²) in [6.07, 6.45) is 2.08. The van der Waals surface area contributed by atoms with Gasteiger partial charge < -0.3 is 15.0 Å². The lowest BCUT2D eigenvalue weighted by atomic mass is 10.0. The number of ether oxygens (including phenoxy) is 1. The molecule has 1 N–H and O–H groups in total. The second kappa shape index (κ2) is 8.44. The van der Waals surface area contributed by atoms with Gasteiger partial charge in [0.1, 0.15) is 5.75 Å². The summed E-state index contributed by atoms with van der Waals surface area (Å²) in [7, 11) is 1.62. The molecule has 142 valence electrons. The minimum Gasteiger partial charge on any atom is -0.497 e. The van der Waals surface area contributed by atoms with Gasteiger partial charge in [0.25, 0.3) is 5.91 Å². The summed E-state index contributed by atoms with van der Waals surface area (Å²) >= 11 is 6.27. The summed E-state index contributed by atoms with van der Waals surface area (Å²) in [5.74, 6) is 0.624. The molecule has 1 fully saturated rings. The SMILES string of the molecule is CCC(NC(=O)c1ccc(Cl)c(N2CCCC2=O)c1)c1ccc(OC)cc1. The Morgan fingerprint density at radius 1 is 1.26 bits per heavy atom. The van der Waals surface area contributed by atoms with Crippen molar-refractivity contribution in [1.82, 2.24) is 5.32 Å². The zero-order chi connectivity index (χ0) is 19.4. The number of nitrogens with zero attached hydrogens (tertiary/aromatic N) is 1. The largest absolute Gasteiger partial charge is 0.497 e. The average molecular weight is 387 g/mol. The molecule has 0 bridgehead atoms. The van der Waals surface area contributed by atoms with Gasteiger partial charge in [-0.3, -0.25) is 9.59 Å². The highest BCUT2D eigenvalue weighted by atomic mass is 35.5. The van der Waals surface area contributed by atoms with Gasteiger partial charge in [-0.25, -0.2) is 0 Å². The fourth-order valence-corrected chi connectivity index (χ4v) is 3.48. The van der Waals surface area contributed by atoms with Crippen molar-refractivity contribution in [2.45, 2.75) is 32.2 Å². The lowest BCUT2D eigenvalue weighted by molar-refractivity contribution is -0.117. The lowest BCUT2D eigenvalue weighted by Crippen LogP contribution is -2.29. The van der Waals surface area contributed by atoms with E-state index in [0.717, 1.165) is 24.2 Å². The molecular weight excluding hydrogens is 364 g/mol. The zero-order valence-electron chi connectivity index (χ0n) is 15.5. The molecule has 0 radical (unpaired) electrons. The first-order valence-corrected chi connectivity index (χ1v) is 9.46. The van der Waals surface area contributed by atoms with Gasteiger partial charge >= 0.3 is 0 Å². The van der Waals surface area contributed by atoms with Gasteiger partial charge in [0.15, 0.2) is 0 Å². The summed E-state index contributed by atoms with van der Waals surface area (Å²) in [6, 6.07) is 12.6. The Morgan fingerprint density at radius 3 is 2.59 bits per heavy atom. The number of hydrogen-bond donors (Lipinski definition) is 1. The van der Waals surface area contributed by atoms with Gasteiger partial charge in [-0.05, 0) is 48.7 Å². The predicted molar refractivity (Wildman–Crippen MR) is 107 cm³/mol. The standard InChI is InChI=1S/C21H23ClN2O3/c1-3-18(14-6-9-16(27-2)10-7-14)23-21(26)15-8-11-17(22)19(13-15)24-12-4-5-20(24)25/h6-11,13,18H,3-5,12H2,1-2H3,(H,23,26). The highest BCUT2D eigenvalue weighted by Gasteiger charge is 2.25. The predicted octanol–water partition coefficient (Wildman–Crippen LogP) is 4.36. The lowest BCUT2D eigenvalue weighted by Gasteiger charge is -2.20. The van der Waals surface area contributed by atoms with Crippen molar-refractivity contribution in [3.8, 4) is 5.75 Å². The van der Waals surface area contributed by atoms with Gasteiger partial charge in [-0.1, -0.05) is 30.7 Å². The zero-order valence-corrected chi connectivity index (χ0v) is 16.3. The Kier molecular flexibility index (Phi) is 6.01. The van der Waals surface area contributed by atoms with E-state index in [1.807, 2.05) is 31.2 Å². The first kappa shape index (κ1) is 19.2. The van der Waals surface area contributed by atoms with Crippen LogP contribution in [0.15, 0.2) is 42.5 Å². The fraction of sp³-hybridized carbons (Fsp3) is 0.333. The maximum absolute atomic E-state index is 12.8. The summed E-state index contributed by atoms with van der Waals surface area (Å²) in [4.78, 5) is 26.5. The number of carbonyl (C=O) groups excluding carboxylic acids is 2. The minimum atomic E-state index is -0.192. The second-order valence-electron chi connectivity index (χ2n) is 6.52. The van der Waals surface area contributed by atoms with Crippen LogP contribution in [-0.4, -0.2) is 25.5 Å². The molecule has 0 aliphatic carbocycles. The Balaban J connectivity index is 1.79. The van der Waals surface area contributed by atoms with Crippen molar-refractivity contribution in [2.24, 2.45) is 0 Å². The number of hydrogen-bond acceptors (Lipinski definition) is 3. The number of methoxy groups -OCH3 is 1. The Bertz CT molecular complexity index is 836. The molecule has 2 amide bonds. The van der Waals surface area contributed by atoms with Crippen molar-refractivity contribution in [3.63, 3.8) is 0 Å². The van der Waals surface area contributed by atoms with Crippen molar-refractivity contribution in [1.29, 1.82) is 0 Å². The summed E-state index contributed by atoms with van der Waals surface area (Å²) in [5.41, 5.74) is 2.10. The quantitative estimate of drug-likeness (QED) is 0.802. The topological polar surface area (TPSA) is 58.6 Å². The highest BCUT2D eigenvalue weighted by Crippen LogP contribution is 2.30. The van der Waals surface area contributed by atoms with E-state index in [0.29, 0.717) is 29.2 Å². The molecular formula is C21H23ClN2O3. The van der Waals surface area contributed by atoms with Gasteiger partial charge in [-0.15, -0.1) is 0 Å². The average Bonchev–Trinajstić information content (AvgIpc) is 3.12. The van der Waals surface area contributed by atoms with Crippen LogP contribution in [0.3, 0.4) is 0 Å². The smallest absolute Gasteiger partial charge is 0.251 e. The summed E-state index contributed by atoms with van der Waals surface area (Å²) < 4.78 is 5.18. The summed E-state index contributed by atoms with van der Waals surface area (Å²) in [5, 5.41) is 3.53. The maximum atomic E-state index is 12.8. The molecule has 0 aromatic heterocycles. The minimum absolute atomic E-state index is 0.0409. The van der Waals surface area contributed by atoms with Crippen LogP contribution in [0.2, 0.25) is 5.02 Å². The molecule has 3 rings (SSSR count). The molecule has 1 aliphatic rings. The summed E-state index contributed by atoms with van der Waals surface area (Å²) in [6.45, 7) is 2.65. The maximum Gasteiger partial charge on any atom is 0.251 e. The van der Waals surface area contributed by atoms with E-state index in [9.17, 15) is 9.59 Å². The number of halogens is 1. The third-order valence-corrected chi connectivity index (χ3v) is 5.12. The number of anilines is 1. The third-order valence-electron chi connectivity index (χ3n) is 4.80. The van der Waals surface area contributed by atoms with Crippen LogP contribution in [-0.2, 0) is 4.79 Å². The van der Waals surface area contributed by atoms with E-state index >= 15 is 0 Å². The molecule has 1 saturated heterocycles. The number of nitrogens with one attached hydrogen (secondary N) is 1. The van der Waals surface area contributed by atoms with Crippen molar-refractivity contribution in [3.05, 3.63) is 58.6 Å². The van der Waals surface area contributed by atoms with Gasteiger partial charge in [0.05, 0.1) is 23.9 Å². The molecule has 1 unspecified atom stereocenters. The van der Waals surface area contributed by atoms with Crippen molar-refractivity contribution >= 4 is 29.1 Å². The molecule has 27 heavy (non-hydrogen) atoms. The Labute approximate surface area is 164 Å². The normalized spacial score (nSPS) is 14.9. The van der Waals surface area contributed by atoms with Crippen molar-refractivity contribution in [2.75, 3.05) is 18.6 Å².